The fourth-order valence-corrected chi connectivity index (χ4v) is 12.8. The van der Waals surface area contributed by atoms with E-state index in [0.29, 0.717) is 12.0 Å². The summed E-state index contributed by atoms with van der Waals surface area (Å²) >= 11 is 0. The molecule has 2 saturated carbocycles. The summed E-state index contributed by atoms with van der Waals surface area (Å²) in [5.41, 5.74) is -4.29. The normalized spacial score (nSPS) is 49.3. The van der Waals surface area contributed by atoms with Crippen LogP contribution in [0.1, 0.15) is 87.1 Å². The predicted octanol–water partition coefficient (Wildman–Crippen LogP) is 1.08. The van der Waals surface area contributed by atoms with Gasteiger partial charge in [0, 0.05) is 61.8 Å². The van der Waals surface area contributed by atoms with Crippen LogP contribution < -0.4 is 9.47 Å². The molecule has 2 aromatic carbocycles. The minimum absolute atomic E-state index is 0.00784. The number of phenolic OH excluding ortho intramolecular Hbond substituents is 1. The molecule has 6 aliphatic heterocycles. The van der Waals surface area contributed by atoms with Gasteiger partial charge < -0.3 is 82.7 Å². The Morgan fingerprint density at radius 1 is 1.00 bits per heavy atom. The summed E-state index contributed by atoms with van der Waals surface area (Å²) in [4.78, 5) is 26.7. The maximum atomic E-state index is 14.0. The van der Waals surface area contributed by atoms with Crippen molar-refractivity contribution in [2.24, 2.45) is 23.2 Å². The highest BCUT2D eigenvalue weighted by molar-refractivity contribution is 6.13. The second-order valence-electron chi connectivity index (χ2n) is 18.3. The van der Waals surface area contributed by atoms with Gasteiger partial charge in [-0.1, -0.05) is 26.8 Å². The molecule has 0 aromatic heterocycles. The molecular formula is C42H50O19. The fraction of sp³-hybridized carbons (Fsp3) is 0.714. The van der Waals surface area contributed by atoms with Gasteiger partial charge in [-0.05, 0) is 19.4 Å². The van der Waals surface area contributed by atoms with Gasteiger partial charge >= 0.3 is 0 Å². The maximum Gasteiger partial charge on any atom is 0.279 e. The number of ketones is 2. The topological polar surface area (TPSA) is 260 Å². The van der Waals surface area contributed by atoms with E-state index in [1.54, 1.807) is 19.1 Å². The van der Waals surface area contributed by atoms with Crippen LogP contribution in [0.25, 0.3) is 10.8 Å². The monoisotopic (exact) mass is 858 g/mol. The number of carbonyl (C=O) groups excluding carboxylic acids is 2. The average Bonchev–Trinajstić information content (AvgIpc) is 3.69. The third-order valence-corrected chi connectivity index (χ3v) is 16.1. The number of phenols is 1. The highest BCUT2D eigenvalue weighted by Crippen LogP contribution is 2.73. The Morgan fingerprint density at radius 3 is 2.34 bits per heavy atom. The van der Waals surface area contributed by atoms with Crippen molar-refractivity contribution in [2.75, 3.05) is 27.9 Å². The van der Waals surface area contributed by atoms with E-state index in [1.807, 2.05) is 6.92 Å². The van der Waals surface area contributed by atoms with E-state index in [4.69, 9.17) is 52.1 Å². The highest BCUT2D eigenvalue weighted by Gasteiger charge is 2.94. The molecule has 0 amide bonds. The summed E-state index contributed by atoms with van der Waals surface area (Å²) < 4.78 is 69.5. The number of Topliss-reactive ketones (excluding diaryl/α,β-unsaturated/α-hetero) is 2. The van der Waals surface area contributed by atoms with Gasteiger partial charge in [0.25, 0.3) is 11.6 Å². The largest absolute Gasteiger partial charge is 0.506 e. The van der Waals surface area contributed by atoms with E-state index >= 15 is 0 Å². The first kappa shape index (κ1) is 40.6. The first-order valence-corrected chi connectivity index (χ1v) is 20.8. The number of epoxide rings is 1. The third-order valence-electron chi connectivity index (χ3n) is 16.1. The molecule has 61 heavy (non-hydrogen) atoms. The summed E-state index contributed by atoms with van der Waals surface area (Å²) in [7, 11) is 4.18. The summed E-state index contributed by atoms with van der Waals surface area (Å²) in [6.07, 6.45) is -9.10. The van der Waals surface area contributed by atoms with Crippen molar-refractivity contribution in [1.29, 1.82) is 0 Å². The summed E-state index contributed by atoms with van der Waals surface area (Å²) in [5, 5.41) is 69.3. The number of rotatable bonds is 10. The van der Waals surface area contributed by atoms with Crippen LogP contribution in [0.2, 0.25) is 0 Å². The fourth-order valence-electron chi connectivity index (χ4n) is 12.8. The van der Waals surface area contributed by atoms with E-state index < -0.39 is 124 Å². The van der Waals surface area contributed by atoms with E-state index in [2.05, 4.69) is 0 Å². The van der Waals surface area contributed by atoms with Crippen molar-refractivity contribution in [3.63, 3.8) is 0 Å². The van der Waals surface area contributed by atoms with Gasteiger partial charge in [0.15, 0.2) is 41.8 Å². The van der Waals surface area contributed by atoms with Crippen molar-refractivity contribution < 1.29 is 92.3 Å². The van der Waals surface area contributed by atoms with Crippen LogP contribution in [-0.2, 0) is 47.4 Å². The number of benzene rings is 2. The molecule has 17 unspecified atom stereocenters. The number of aliphatic hydroxyl groups excluding tert-OH is 2. The molecule has 5 saturated heterocycles. The Balaban J connectivity index is 1.04. The molecule has 6 heterocycles. The molecule has 19 nitrogen and oxygen atoms in total. The first-order chi connectivity index (χ1) is 28.8. The average molecular weight is 859 g/mol. The zero-order valence-electron chi connectivity index (χ0n) is 34.5. The minimum Gasteiger partial charge on any atom is -0.506 e. The van der Waals surface area contributed by atoms with E-state index in [9.17, 15) is 40.2 Å². The molecule has 9 aliphatic rings. The quantitative estimate of drug-likeness (QED) is 0.144. The molecule has 332 valence electrons. The molecule has 0 radical (unpaired) electrons. The molecule has 7 fully saturated rings. The van der Waals surface area contributed by atoms with E-state index in [0.717, 1.165) is 0 Å². The summed E-state index contributed by atoms with van der Waals surface area (Å²) in [5.74, 6) is -11.8. The van der Waals surface area contributed by atoms with Crippen LogP contribution in [0.15, 0.2) is 12.1 Å². The Hall–Kier alpha value is -3.12. The highest BCUT2D eigenvalue weighted by atomic mass is 16.9. The first-order valence-electron chi connectivity index (χ1n) is 20.8. The van der Waals surface area contributed by atoms with Crippen molar-refractivity contribution in [2.45, 2.75) is 137 Å². The van der Waals surface area contributed by atoms with Gasteiger partial charge in [-0.2, -0.15) is 0 Å². The molecule has 6 N–H and O–H groups in total. The predicted molar refractivity (Wildman–Crippen MR) is 198 cm³/mol. The van der Waals surface area contributed by atoms with Crippen LogP contribution in [0.5, 0.6) is 17.2 Å². The lowest BCUT2D eigenvalue weighted by atomic mass is 9.53. The van der Waals surface area contributed by atoms with Gasteiger partial charge in [-0.3, -0.25) is 9.59 Å². The summed E-state index contributed by atoms with van der Waals surface area (Å²) in [6, 6.07) is 3.34. The molecule has 17 atom stereocenters. The SMILES string of the molecule is CCC12CC(OC3CC(O)C(=O)c4c3c(OC)c3ccc5c(c3c4O)OC3(OC4CC6C(O)(O4)C(C)C6(O)C(C)=O)C4OC(C(OC)OC)(OC54)C34CO4)OC1(O)C(C)C2O. The Labute approximate surface area is 348 Å². The van der Waals surface area contributed by atoms with Crippen molar-refractivity contribution >= 4 is 22.3 Å². The van der Waals surface area contributed by atoms with Gasteiger partial charge in [-0.25, -0.2) is 0 Å². The maximum absolute atomic E-state index is 14.0. The molecule has 19 heteroatoms. The smallest absolute Gasteiger partial charge is 0.279 e. The van der Waals surface area contributed by atoms with E-state index in [1.165, 1.54) is 35.2 Å². The molecule has 11 rings (SSSR count). The van der Waals surface area contributed by atoms with Crippen molar-refractivity contribution in [3.05, 3.63) is 28.8 Å². The number of methoxy groups -OCH3 is 3. The number of hydrogen-bond acceptors (Lipinski definition) is 19. The second kappa shape index (κ2) is 12.4. The number of hydrogen-bond donors (Lipinski definition) is 6. The van der Waals surface area contributed by atoms with Gasteiger partial charge in [0.2, 0.25) is 11.9 Å². The Morgan fingerprint density at radius 2 is 1.72 bits per heavy atom. The van der Waals surface area contributed by atoms with Crippen molar-refractivity contribution in [3.8, 4) is 17.2 Å². The zero-order valence-corrected chi connectivity index (χ0v) is 34.5. The van der Waals surface area contributed by atoms with Gasteiger partial charge in [-0.15, -0.1) is 0 Å². The molecule has 2 aromatic rings. The van der Waals surface area contributed by atoms with Crippen LogP contribution in [-0.4, -0.2) is 142 Å². The number of aromatic hydroxyl groups is 1. The number of fused-ring (bicyclic) bond motifs is 10. The van der Waals surface area contributed by atoms with Crippen molar-refractivity contribution in [1.82, 2.24) is 0 Å². The minimum atomic E-state index is -2.00. The number of carbonyl (C=O) groups is 2. The van der Waals surface area contributed by atoms with Crippen LogP contribution in [0, 0.1) is 23.2 Å². The zero-order chi connectivity index (χ0) is 43.4. The van der Waals surface area contributed by atoms with Crippen LogP contribution in [0.4, 0.5) is 0 Å². The Bertz CT molecular complexity index is 2280. The third kappa shape index (κ3) is 4.29. The number of aliphatic hydroxyl groups is 5. The molecule has 2 bridgehead atoms. The number of ether oxygens (including phenoxy) is 11. The standard InChI is InChI=1S/C42H50O19/c1-8-36-13-24(57-40(36,50)15(2)33(36)47)55-21-11-20(44)28(45)27-26(21)30(51-5)18-9-10-19-31(25(18)29(27)46)59-41(58-23-12-22-38(48,17(4)43)16(3)39(22,49)56-23)34-32(19)60-42(61-34,35(52-6)53-7)37(41)14-54-37/h9-10,15-16,20-24,32-35,44,46-50H,8,11-14H2,1-7H3. The molecule has 3 aliphatic carbocycles. The molecule has 1 spiro atoms. The van der Waals surface area contributed by atoms with Gasteiger partial charge in [0.05, 0.1) is 48.2 Å². The lowest BCUT2D eigenvalue weighted by Crippen LogP contribution is -2.74. The van der Waals surface area contributed by atoms with Crippen LogP contribution >= 0.6 is 0 Å². The summed E-state index contributed by atoms with van der Waals surface area (Å²) in [6.45, 7) is 6.21. The lowest BCUT2D eigenvalue weighted by Gasteiger charge is -2.58. The van der Waals surface area contributed by atoms with Crippen LogP contribution in [0.3, 0.4) is 0 Å². The second-order valence-corrected chi connectivity index (χ2v) is 18.3. The molecular weight excluding hydrogens is 808 g/mol. The Kier molecular flexibility index (Phi) is 8.23. The van der Waals surface area contributed by atoms with Gasteiger partial charge in [0.1, 0.15) is 35.1 Å². The van der Waals surface area contributed by atoms with E-state index in [-0.39, 0.29) is 59.3 Å². The lowest BCUT2D eigenvalue weighted by molar-refractivity contribution is -0.399.